The summed E-state index contributed by atoms with van der Waals surface area (Å²) >= 11 is 0. The van der Waals surface area contributed by atoms with Crippen LogP contribution in [0.1, 0.15) is 28.9 Å². The van der Waals surface area contributed by atoms with E-state index in [4.69, 9.17) is 9.15 Å². The van der Waals surface area contributed by atoms with Gasteiger partial charge in [0.2, 0.25) is 0 Å². The van der Waals surface area contributed by atoms with Crippen LogP contribution in [-0.4, -0.2) is 32.6 Å². The Morgan fingerprint density at radius 2 is 2.00 bits per heavy atom. The molecule has 1 amide bonds. The Labute approximate surface area is 161 Å². The number of ether oxygens (including phenoxy) is 1. The van der Waals surface area contributed by atoms with E-state index in [9.17, 15) is 14.9 Å². The zero-order valence-corrected chi connectivity index (χ0v) is 15.6. The number of benzene rings is 1. The van der Waals surface area contributed by atoms with Gasteiger partial charge in [-0.15, -0.1) is 0 Å². The maximum absolute atomic E-state index is 12.5. The number of rotatable bonds is 8. The fourth-order valence-corrected chi connectivity index (χ4v) is 2.56. The number of aromatic nitrogens is 2. The first-order valence-corrected chi connectivity index (χ1v) is 8.70. The first kappa shape index (κ1) is 19.2. The first-order chi connectivity index (χ1) is 13.5. The fourth-order valence-electron chi connectivity index (χ4n) is 2.56. The maximum atomic E-state index is 12.5. The molecule has 0 fully saturated rings. The van der Waals surface area contributed by atoms with E-state index in [1.807, 2.05) is 19.2 Å². The second-order valence-corrected chi connectivity index (χ2v) is 6.13. The second kappa shape index (κ2) is 8.38. The third kappa shape index (κ3) is 4.56. The molecule has 0 aliphatic carbocycles. The van der Waals surface area contributed by atoms with Gasteiger partial charge >= 0.3 is 0 Å². The van der Waals surface area contributed by atoms with E-state index in [0.29, 0.717) is 18.1 Å². The van der Waals surface area contributed by atoms with Crippen molar-refractivity contribution in [1.82, 2.24) is 14.7 Å². The van der Waals surface area contributed by atoms with Gasteiger partial charge in [0.05, 0.1) is 17.2 Å². The van der Waals surface area contributed by atoms with Gasteiger partial charge in [0, 0.05) is 31.9 Å². The molecule has 1 aromatic carbocycles. The normalized spacial score (nSPS) is 10.6. The summed E-state index contributed by atoms with van der Waals surface area (Å²) in [6, 6.07) is 10.9. The van der Waals surface area contributed by atoms with Crippen LogP contribution < -0.4 is 4.74 Å². The number of amides is 1. The van der Waals surface area contributed by atoms with E-state index in [1.54, 1.807) is 23.9 Å². The molecule has 0 spiro atoms. The number of non-ortho nitro benzene ring substituents is 1. The van der Waals surface area contributed by atoms with Gasteiger partial charge in [-0.2, -0.15) is 5.10 Å². The quantitative estimate of drug-likeness (QED) is 0.436. The number of carbonyl (C=O) groups excluding carboxylic acids is 1. The van der Waals surface area contributed by atoms with Crippen molar-refractivity contribution in [2.75, 3.05) is 7.05 Å². The number of aryl methyl sites for hydroxylation is 1. The molecular formula is C19H20N4O5. The van der Waals surface area contributed by atoms with Crippen LogP contribution in [0.2, 0.25) is 0 Å². The minimum absolute atomic E-state index is 0.00922. The average molecular weight is 384 g/mol. The van der Waals surface area contributed by atoms with E-state index in [2.05, 4.69) is 5.10 Å². The zero-order chi connectivity index (χ0) is 20.1. The Kier molecular flexibility index (Phi) is 5.73. The molecule has 2 aromatic heterocycles. The van der Waals surface area contributed by atoms with Gasteiger partial charge < -0.3 is 14.1 Å². The third-order valence-corrected chi connectivity index (χ3v) is 4.07. The molecule has 9 nitrogen and oxygen atoms in total. The van der Waals surface area contributed by atoms with Crippen LogP contribution in [0.4, 0.5) is 5.69 Å². The average Bonchev–Trinajstić information content (AvgIpc) is 3.35. The van der Waals surface area contributed by atoms with Gasteiger partial charge in [-0.3, -0.25) is 19.6 Å². The number of nitrogens with zero attached hydrogens (tertiary/aromatic N) is 4. The minimum Gasteiger partial charge on any atom is -0.486 e. The Morgan fingerprint density at radius 3 is 2.64 bits per heavy atom. The molecule has 0 saturated heterocycles. The van der Waals surface area contributed by atoms with Crippen molar-refractivity contribution in [2.45, 2.75) is 26.6 Å². The van der Waals surface area contributed by atoms with Gasteiger partial charge in [0.1, 0.15) is 18.1 Å². The lowest BCUT2D eigenvalue weighted by atomic mass is 10.3. The number of nitro benzene ring substituents is 1. The lowest BCUT2D eigenvalue weighted by Gasteiger charge is -2.14. The Balaban J connectivity index is 1.56. The van der Waals surface area contributed by atoms with Gasteiger partial charge in [-0.25, -0.2) is 0 Å². The first-order valence-electron chi connectivity index (χ1n) is 8.70. The molecule has 0 aliphatic heterocycles. The predicted molar refractivity (Wildman–Crippen MR) is 99.8 cm³/mol. The Hall–Kier alpha value is -3.62. The summed E-state index contributed by atoms with van der Waals surface area (Å²) < 4.78 is 12.9. The third-order valence-electron chi connectivity index (χ3n) is 4.07. The van der Waals surface area contributed by atoms with Crippen LogP contribution in [0, 0.1) is 10.1 Å². The summed E-state index contributed by atoms with van der Waals surface area (Å²) in [5.74, 6) is 0.899. The fraction of sp³-hybridized carbons (Fsp3) is 0.263. The monoisotopic (exact) mass is 384 g/mol. The highest BCUT2D eigenvalue weighted by molar-refractivity contribution is 5.91. The van der Waals surface area contributed by atoms with E-state index in [0.717, 1.165) is 12.2 Å². The van der Waals surface area contributed by atoms with Gasteiger partial charge in [0.15, 0.2) is 5.76 Å². The number of nitro groups is 1. The van der Waals surface area contributed by atoms with Crippen LogP contribution in [0.25, 0.3) is 0 Å². The molecule has 0 saturated carbocycles. The lowest BCUT2D eigenvalue weighted by Crippen LogP contribution is -2.26. The van der Waals surface area contributed by atoms with E-state index >= 15 is 0 Å². The van der Waals surface area contributed by atoms with Gasteiger partial charge in [-0.1, -0.05) is 0 Å². The van der Waals surface area contributed by atoms with Crippen molar-refractivity contribution in [3.05, 3.63) is 76.0 Å². The topological polar surface area (TPSA) is 104 Å². The van der Waals surface area contributed by atoms with Crippen LogP contribution in [0.3, 0.4) is 0 Å². The van der Waals surface area contributed by atoms with Crippen LogP contribution in [0.15, 0.2) is 53.1 Å². The molecule has 3 aromatic rings. The Morgan fingerprint density at radius 1 is 1.25 bits per heavy atom. The molecule has 0 radical (unpaired) electrons. The zero-order valence-electron chi connectivity index (χ0n) is 15.6. The highest BCUT2D eigenvalue weighted by Crippen LogP contribution is 2.19. The van der Waals surface area contributed by atoms with Crippen molar-refractivity contribution in [3.8, 4) is 5.75 Å². The standard InChI is InChI=1S/C19H20N4O5/c1-3-22-11-10-14(20-22)12-21(2)19(24)18-9-8-17(28-18)13-27-16-6-4-15(5-7-16)23(25)26/h4-11H,3,12-13H2,1-2H3. The second-order valence-electron chi connectivity index (χ2n) is 6.13. The number of furan rings is 1. The molecule has 3 rings (SSSR count). The lowest BCUT2D eigenvalue weighted by molar-refractivity contribution is -0.384. The van der Waals surface area contributed by atoms with Crippen LogP contribution >= 0.6 is 0 Å². The van der Waals surface area contributed by atoms with E-state index in [-0.39, 0.29) is 24.0 Å². The molecule has 2 heterocycles. The summed E-state index contributed by atoms with van der Waals surface area (Å²) in [5.41, 5.74) is 0.788. The maximum Gasteiger partial charge on any atom is 0.289 e. The summed E-state index contributed by atoms with van der Waals surface area (Å²) in [4.78, 5) is 24.2. The van der Waals surface area contributed by atoms with E-state index in [1.165, 1.54) is 29.2 Å². The summed E-state index contributed by atoms with van der Waals surface area (Å²) in [6.07, 6.45) is 1.87. The van der Waals surface area contributed by atoms with Crippen molar-refractivity contribution in [2.24, 2.45) is 0 Å². The molecule has 0 atom stereocenters. The molecule has 0 N–H and O–H groups in total. The molecule has 0 aliphatic rings. The molecule has 0 unspecified atom stereocenters. The molecule has 0 bridgehead atoms. The Bertz CT molecular complexity index is 961. The minimum atomic E-state index is -0.475. The van der Waals surface area contributed by atoms with Crippen LogP contribution in [-0.2, 0) is 19.7 Å². The van der Waals surface area contributed by atoms with Crippen molar-refractivity contribution in [1.29, 1.82) is 0 Å². The van der Waals surface area contributed by atoms with Crippen molar-refractivity contribution in [3.63, 3.8) is 0 Å². The van der Waals surface area contributed by atoms with Gasteiger partial charge in [0.25, 0.3) is 11.6 Å². The van der Waals surface area contributed by atoms with Crippen molar-refractivity contribution < 1.29 is 18.9 Å². The summed E-state index contributed by atoms with van der Waals surface area (Å²) in [6.45, 7) is 3.25. The highest BCUT2D eigenvalue weighted by atomic mass is 16.6. The smallest absolute Gasteiger partial charge is 0.289 e. The number of hydrogen-bond acceptors (Lipinski definition) is 6. The highest BCUT2D eigenvalue weighted by Gasteiger charge is 2.17. The predicted octanol–water partition coefficient (Wildman–Crippen LogP) is 3.26. The number of carbonyl (C=O) groups is 1. The number of hydrogen-bond donors (Lipinski definition) is 0. The van der Waals surface area contributed by atoms with Crippen molar-refractivity contribution >= 4 is 11.6 Å². The van der Waals surface area contributed by atoms with E-state index < -0.39 is 4.92 Å². The van der Waals surface area contributed by atoms with Gasteiger partial charge in [-0.05, 0) is 37.3 Å². The molecule has 28 heavy (non-hydrogen) atoms. The largest absolute Gasteiger partial charge is 0.486 e. The molecular weight excluding hydrogens is 364 g/mol. The summed E-state index contributed by atoms with van der Waals surface area (Å²) in [5, 5.41) is 15.0. The summed E-state index contributed by atoms with van der Waals surface area (Å²) in [7, 11) is 1.68. The SMILES string of the molecule is CCn1ccc(CN(C)C(=O)c2ccc(COc3ccc([N+](=O)[O-])cc3)o2)n1. The van der Waals surface area contributed by atoms with Crippen LogP contribution in [0.5, 0.6) is 5.75 Å². The molecule has 146 valence electrons. The molecule has 9 heteroatoms.